The predicted molar refractivity (Wildman–Crippen MR) is 117 cm³/mol. The molecule has 1 atom stereocenters. The molecule has 1 aliphatic rings. The van der Waals surface area contributed by atoms with Crippen LogP contribution in [0, 0.1) is 0 Å². The number of Topliss-reactive ketones (excluding diaryl/α,β-unsaturated/α-hetero) is 1. The maximum Gasteiger partial charge on any atom is 0.416 e. The summed E-state index contributed by atoms with van der Waals surface area (Å²) in [4.78, 5) is 27.0. The van der Waals surface area contributed by atoms with Crippen LogP contribution in [0.1, 0.15) is 22.7 Å². The third-order valence-corrected chi connectivity index (χ3v) is 5.66. The Balaban J connectivity index is 1.94. The van der Waals surface area contributed by atoms with Crippen LogP contribution >= 0.6 is 15.9 Å². The Bertz CT molecular complexity index is 1220. The molecule has 1 fully saturated rings. The zero-order valence-electron chi connectivity index (χ0n) is 16.3. The SMILES string of the molecule is O=C1C(=O)N(c2cccc(C(F)(F)F)c2)C(c2ccc(Br)cc2)C1=C(O)c1ccccc1. The van der Waals surface area contributed by atoms with E-state index in [1.165, 1.54) is 12.1 Å². The highest BCUT2D eigenvalue weighted by atomic mass is 79.9. The number of carbonyl (C=O) groups is 2. The van der Waals surface area contributed by atoms with Crippen molar-refractivity contribution in [2.45, 2.75) is 12.2 Å². The fraction of sp³-hybridized carbons (Fsp3) is 0.0833. The number of anilines is 1. The molecule has 1 saturated heterocycles. The van der Waals surface area contributed by atoms with E-state index in [-0.39, 0.29) is 11.3 Å². The topological polar surface area (TPSA) is 57.6 Å². The molecule has 0 aromatic heterocycles. The monoisotopic (exact) mass is 501 g/mol. The van der Waals surface area contributed by atoms with E-state index >= 15 is 0 Å². The molecule has 32 heavy (non-hydrogen) atoms. The van der Waals surface area contributed by atoms with Gasteiger partial charge in [-0.15, -0.1) is 0 Å². The minimum absolute atomic E-state index is 0.0954. The minimum Gasteiger partial charge on any atom is -0.507 e. The van der Waals surface area contributed by atoms with Gasteiger partial charge in [0.15, 0.2) is 0 Å². The number of hydrogen-bond donors (Lipinski definition) is 1. The Kier molecular flexibility index (Phi) is 5.64. The van der Waals surface area contributed by atoms with E-state index in [0.717, 1.165) is 21.5 Å². The van der Waals surface area contributed by atoms with Gasteiger partial charge in [0, 0.05) is 15.7 Å². The van der Waals surface area contributed by atoms with Gasteiger partial charge in [0.05, 0.1) is 17.2 Å². The van der Waals surface area contributed by atoms with Crippen molar-refractivity contribution in [2.75, 3.05) is 4.90 Å². The number of ketones is 1. The van der Waals surface area contributed by atoms with Gasteiger partial charge in [0.1, 0.15) is 5.76 Å². The van der Waals surface area contributed by atoms with Crippen molar-refractivity contribution >= 4 is 39.1 Å². The third-order valence-electron chi connectivity index (χ3n) is 5.13. The van der Waals surface area contributed by atoms with Crippen molar-refractivity contribution in [3.8, 4) is 0 Å². The van der Waals surface area contributed by atoms with Crippen LogP contribution in [0.3, 0.4) is 0 Å². The lowest BCUT2D eigenvalue weighted by molar-refractivity contribution is -0.137. The first-order valence-electron chi connectivity index (χ1n) is 9.47. The predicted octanol–water partition coefficient (Wildman–Crippen LogP) is 6.09. The minimum atomic E-state index is -4.62. The summed E-state index contributed by atoms with van der Waals surface area (Å²) in [7, 11) is 0. The Hall–Kier alpha value is -3.39. The number of alkyl halides is 3. The van der Waals surface area contributed by atoms with Crippen molar-refractivity contribution in [2.24, 2.45) is 0 Å². The van der Waals surface area contributed by atoms with Crippen LogP contribution in [0.4, 0.5) is 18.9 Å². The zero-order chi connectivity index (χ0) is 23.0. The van der Waals surface area contributed by atoms with E-state index in [4.69, 9.17) is 0 Å². The molecule has 1 heterocycles. The molecule has 4 rings (SSSR count). The Morgan fingerprint density at radius 3 is 2.19 bits per heavy atom. The van der Waals surface area contributed by atoms with Gasteiger partial charge in [-0.25, -0.2) is 0 Å². The molecule has 0 aliphatic carbocycles. The Morgan fingerprint density at radius 2 is 1.56 bits per heavy atom. The van der Waals surface area contributed by atoms with Gasteiger partial charge in [-0.3, -0.25) is 14.5 Å². The van der Waals surface area contributed by atoms with Crippen LogP contribution in [0.2, 0.25) is 0 Å². The van der Waals surface area contributed by atoms with Crippen molar-refractivity contribution in [1.82, 2.24) is 0 Å². The first-order valence-corrected chi connectivity index (χ1v) is 10.3. The summed E-state index contributed by atoms with van der Waals surface area (Å²) in [5.74, 6) is -2.39. The summed E-state index contributed by atoms with van der Waals surface area (Å²) in [5, 5.41) is 10.9. The number of nitrogens with zero attached hydrogens (tertiary/aromatic N) is 1. The van der Waals surface area contributed by atoms with E-state index in [9.17, 15) is 27.9 Å². The second-order valence-corrected chi connectivity index (χ2v) is 8.05. The van der Waals surface area contributed by atoms with E-state index < -0.39 is 35.2 Å². The molecular weight excluding hydrogens is 487 g/mol. The molecule has 162 valence electrons. The molecule has 0 spiro atoms. The Morgan fingerprint density at radius 1 is 0.906 bits per heavy atom. The van der Waals surface area contributed by atoms with Crippen LogP contribution in [0.15, 0.2) is 88.9 Å². The normalized spacial score (nSPS) is 18.2. The summed E-state index contributed by atoms with van der Waals surface area (Å²) in [5.41, 5.74) is -0.462. The van der Waals surface area contributed by atoms with Crippen molar-refractivity contribution in [3.05, 3.63) is 106 Å². The van der Waals surface area contributed by atoms with Crippen molar-refractivity contribution < 1.29 is 27.9 Å². The standard InChI is InChI=1S/C24H15BrF3NO3/c25-17-11-9-14(10-12-17)20-19(21(30)15-5-2-1-3-6-15)22(31)23(32)29(20)18-8-4-7-16(13-18)24(26,27)28/h1-13,20,30H. The maximum atomic E-state index is 13.3. The quantitative estimate of drug-likeness (QED) is 0.268. The summed E-state index contributed by atoms with van der Waals surface area (Å²) < 4.78 is 40.6. The maximum absolute atomic E-state index is 13.3. The van der Waals surface area contributed by atoms with Crippen LogP contribution in [0.25, 0.3) is 5.76 Å². The smallest absolute Gasteiger partial charge is 0.416 e. The van der Waals surface area contributed by atoms with Gasteiger partial charge in [-0.1, -0.05) is 64.5 Å². The van der Waals surface area contributed by atoms with Crippen molar-refractivity contribution in [3.63, 3.8) is 0 Å². The van der Waals surface area contributed by atoms with Crippen LogP contribution in [0.5, 0.6) is 0 Å². The molecule has 1 unspecified atom stereocenters. The number of carbonyl (C=O) groups excluding carboxylic acids is 2. The summed E-state index contributed by atoms with van der Waals surface area (Å²) in [6.07, 6.45) is -4.62. The van der Waals surface area contributed by atoms with Crippen LogP contribution in [-0.2, 0) is 15.8 Å². The largest absolute Gasteiger partial charge is 0.507 e. The van der Waals surface area contributed by atoms with Crippen LogP contribution in [-0.4, -0.2) is 16.8 Å². The number of amides is 1. The average Bonchev–Trinajstić information content (AvgIpc) is 3.04. The van der Waals surface area contributed by atoms with E-state index in [1.54, 1.807) is 54.6 Å². The zero-order valence-corrected chi connectivity index (χ0v) is 17.9. The number of rotatable bonds is 3. The van der Waals surface area contributed by atoms with Crippen LogP contribution < -0.4 is 4.90 Å². The summed E-state index contributed by atoms with van der Waals surface area (Å²) in [6, 6.07) is 17.9. The molecule has 4 nitrogen and oxygen atoms in total. The van der Waals surface area contributed by atoms with E-state index in [0.29, 0.717) is 11.1 Å². The second-order valence-electron chi connectivity index (χ2n) is 7.13. The van der Waals surface area contributed by atoms with Crippen molar-refractivity contribution in [1.29, 1.82) is 0 Å². The fourth-order valence-electron chi connectivity index (χ4n) is 3.64. The molecule has 0 saturated carbocycles. The highest BCUT2D eigenvalue weighted by Gasteiger charge is 2.47. The first-order chi connectivity index (χ1) is 15.2. The van der Waals surface area contributed by atoms with Gasteiger partial charge < -0.3 is 5.11 Å². The summed E-state index contributed by atoms with van der Waals surface area (Å²) >= 11 is 3.32. The highest BCUT2D eigenvalue weighted by molar-refractivity contribution is 9.10. The number of benzene rings is 3. The lowest BCUT2D eigenvalue weighted by Crippen LogP contribution is -2.29. The molecule has 0 radical (unpaired) electrons. The Labute approximate surface area is 189 Å². The first kappa shape index (κ1) is 21.8. The highest BCUT2D eigenvalue weighted by Crippen LogP contribution is 2.43. The number of aliphatic hydroxyl groups is 1. The van der Waals surface area contributed by atoms with Gasteiger partial charge in [-0.05, 0) is 35.9 Å². The molecule has 0 bridgehead atoms. The molecule has 1 amide bonds. The number of aliphatic hydroxyl groups excluding tert-OH is 1. The van der Waals surface area contributed by atoms with Gasteiger partial charge in [-0.2, -0.15) is 13.2 Å². The third kappa shape index (κ3) is 3.93. The molecule has 3 aromatic carbocycles. The lowest BCUT2D eigenvalue weighted by atomic mass is 9.95. The molecule has 8 heteroatoms. The number of hydrogen-bond acceptors (Lipinski definition) is 3. The molecule has 1 aliphatic heterocycles. The van der Waals surface area contributed by atoms with E-state index in [1.807, 2.05) is 0 Å². The second kappa shape index (κ2) is 8.27. The fourth-order valence-corrected chi connectivity index (χ4v) is 3.91. The average molecular weight is 502 g/mol. The molecule has 1 N–H and O–H groups in total. The van der Waals surface area contributed by atoms with E-state index in [2.05, 4.69) is 15.9 Å². The number of halogens is 4. The molecular formula is C24H15BrF3NO3. The van der Waals surface area contributed by atoms with Gasteiger partial charge in [0.2, 0.25) is 0 Å². The lowest BCUT2D eigenvalue weighted by Gasteiger charge is -2.26. The van der Waals surface area contributed by atoms with Gasteiger partial charge in [0.25, 0.3) is 11.7 Å². The summed E-state index contributed by atoms with van der Waals surface area (Å²) in [6.45, 7) is 0. The molecule has 3 aromatic rings. The van der Waals surface area contributed by atoms with Gasteiger partial charge >= 0.3 is 6.18 Å².